The molecule has 1 aromatic heterocycles. The van der Waals surface area contributed by atoms with Crippen molar-refractivity contribution in [2.45, 2.75) is 99.0 Å². The number of carbonyl (C=O) groups excluding carboxylic acids is 1. The van der Waals surface area contributed by atoms with E-state index in [1.165, 1.54) is 55.5 Å². The number of anilines is 1. The molecule has 0 unspecified atom stereocenters. The standard InChI is InChI=1S/C10H13N2O2.3C4H9.Sn/c1-10(2,3)14-9(13)12-8-5-4-6-11-7-8;3*1-3-4-2;/h4-5,7H,1-3H3,(H,12,13);3*1,3-4H2,2H3;. The van der Waals surface area contributed by atoms with Crippen molar-refractivity contribution in [3.8, 4) is 0 Å². The Bertz CT molecular complexity index is 531. The third kappa shape index (κ3) is 8.84. The summed E-state index contributed by atoms with van der Waals surface area (Å²) in [5, 5.41) is 2.81. The van der Waals surface area contributed by atoms with Gasteiger partial charge in [0.25, 0.3) is 0 Å². The van der Waals surface area contributed by atoms with Crippen molar-refractivity contribution < 1.29 is 9.53 Å². The quantitative estimate of drug-likeness (QED) is 0.367. The number of amides is 1. The van der Waals surface area contributed by atoms with Crippen LogP contribution < -0.4 is 9.03 Å². The van der Waals surface area contributed by atoms with Crippen molar-refractivity contribution in [2.24, 2.45) is 0 Å². The number of hydrogen-bond acceptors (Lipinski definition) is 3. The van der Waals surface area contributed by atoms with Gasteiger partial charge in [0.15, 0.2) is 0 Å². The van der Waals surface area contributed by atoms with Crippen molar-refractivity contribution in [2.75, 3.05) is 5.32 Å². The van der Waals surface area contributed by atoms with Crippen molar-refractivity contribution >= 4 is 33.9 Å². The van der Waals surface area contributed by atoms with Crippen LogP contribution in [-0.2, 0) is 4.74 Å². The molecule has 0 saturated heterocycles. The van der Waals surface area contributed by atoms with E-state index in [0.29, 0.717) is 0 Å². The molecule has 0 aliphatic rings. The molecule has 154 valence electrons. The minimum atomic E-state index is -2.49. The molecule has 5 heteroatoms. The van der Waals surface area contributed by atoms with Crippen LogP contribution in [0, 0.1) is 0 Å². The molecule has 0 spiro atoms. The van der Waals surface area contributed by atoms with Crippen LogP contribution in [0.5, 0.6) is 0 Å². The minimum absolute atomic E-state index is 0.422. The monoisotopic (exact) mass is 484 g/mol. The fraction of sp³-hybridized carbons (Fsp3) is 0.727. The van der Waals surface area contributed by atoms with Gasteiger partial charge in [-0.3, -0.25) is 0 Å². The number of pyridine rings is 1. The van der Waals surface area contributed by atoms with Gasteiger partial charge in [-0.1, -0.05) is 0 Å². The van der Waals surface area contributed by atoms with Crippen molar-refractivity contribution in [1.82, 2.24) is 4.98 Å². The molecule has 1 N–H and O–H groups in total. The average molecular weight is 483 g/mol. The van der Waals surface area contributed by atoms with E-state index in [1.54, 1.807) is 0 Å². The molecule has 0 aromatic carbocycles. The zero-order chi connectivity index (χ0) is 20.3. The second-order valence-electron chi connectivity index (χ2n) is 8.65. The van der Waals surface area contributed by atoms with E-state index in [4.69, 9.17) is 9.72 Å². The summed E-state index contributed by atoms with van der Waals surface area (Å²) in [6.07, 6.45) is 9.15. The second kappa shape index (κ2) is 11.9. The van der Waals surface area contributed by atoms with Gasteiger partial charge in [-0.05, 0) is 0 Å². The van der Waals surface area contributed by atoms with Gasteiger partial charge >= 0.3 is 171 Å². The van der Waals surface area contributed by atoms with E-state index in [-0.39, 0.29) is 0 Å². The molecule has 1 aromatic rings. The van der Waals surface area contributed by atoms with E-state index in [9.17, 15) is 4.79 Å². The van der Waals surface area contributed by atoms with Gasteiger partial charge in [-0.15, -0.1) is 0 Å². The van der Waals surface area contributed by atoms with Crippen molar-refractivity contribution in [3.05, 3.63) is 18.3 Å². The van der Waals surface area contributed by atoms with Gasteiger partial charge in [-0.25, -0.2) is 0 Å². The Kier molecular flexibility index (Phi) is 10.7. The zero-order valence-electron chi connectivity index (χ0n) is 18.4. The summed E-state index contributed by atoms with van der Waals surface area (Å²) < 4.78 is 10.9. The fourth-order valence-corrected chi connectivity index (χ4v) is 18.9. The van der Waals surface area contributed by atoms with Gasteiger partial charge in [0, 0.05) is 0 Å². The molecule has 1 heterocycles. The number of ether oxygens (including phenoxy) is 1. The van der Waals surface area contributed by atoms with Crippen LogP contribution in [0.4, 0.5) is 10.5 Å². The van der Waals surface area contributed by atoms with Gasteiger partial charge in [-0.2, -0.15) is 0 Å². The molecule has 4 nitrogen and oxygen atoms in total. The van der Waals surface area contributed by atoms with Crippen LogP contribution in [0.1, 0.15) is 80.1 Å². The van der Waals surface area contributed by atoms with E-state index < -0.39 is 30.1 Å². The first-order chi connectivity index (χ1) is 12.8. The molecular formula is C22H40N2O2Sn. The Morgan fingerprint density at radius 1 is 1.00 bits per heavy atom. The van der Waals surface area contributed by atoms with Crippen LogP contribution in [-0.4, -0.2) is 35.1 Å². The van der Waals surface area contributed by atoms with Crippen molar-refractivity contribution in [1.29, 1.82) is 0 Å². The Balaban J connectivity index is 2.98. The Hall–Kier alpha value is -0.781. The van der Waals surface area contributed by atoms with E-state index in [2.05, 4.69) is 32.2 Å². The summed E-state index contributed by atoms with van der Waals surface area (Å²) in [5.74, 6) is 0. The number of nitrogens with zero attached hydrogens (tertiary/aromatic N) is 1. The number of hydrogen-bond donors (Lipinski definition) is 1. The molecule has 0 bridgehead atoms. The number of rotatable bonds is 11. The van der Waals surface area contributed by atoms with Gasteiger partial charge < -0.3 is 0 Å². The number of carbonyl (C=O) groups is 1. The summed E-state index contributed by atoms with van der Waals surface area (Å²) in [7, 11) is 0. The normalized spacial score (nSPS) is 12.1. The first-order valence-electron chi connectivity index (χ1n) is 10.7. The van der Waals surface area contributed by atoms with Crippen LogP contribution in [0.2, 0.25) is 13.3 Å². The second-order valence-corrected chi connectivity index (χ2v) is 21.7. The molecule has 0 radical (unpaired) electrons. The molecular weight excluding hydrogens is 443 g/mol. The van der Waals surface area contributed by atoms with Crippen LogP contribution in [0.25, 0.3) is 0 Å². The van der Waals surface area contributed by atoms with E-state index >= 15 is 0 Å². The Morgan fingerprint density at radius 2 is 1.52 bits per heavy atom. The van der Waals surface area contributed by atoms with Crippen molar-refractivity contribution in [3.63, 3.8) is 0 Å². The van der Waals surface area contributed by atoms with Gasteiger partial charge in [0.05, 0.1) is 0 Å². The van der Waals surface area contributed by atoms with E-state index in [0.717, 1.165) is 5.69 Å². The predicted molar refractivity (Wildman–Crippen MR) is 119 cm³/mol. The molecule has 0 aliphatic heterocycles. The third-order valence-corrected chi connectivity index (χ3v) is 20.1. The Morgan fingerprint density at radius 3 is 1.89 bits per heavy atom. The van der Waals surface area contributed by atoms with Crippen LogP contribution in [0.15, 0.2) is 18.3 Å². The summed E-state index contributed by atoms with van der Waals surface area (Å²) in [5.41, 5.74) is 0.221. The summed E-state index contributed by atoms with van der Waals surface area (Å²) in [4.78, 5) is 16.9. The molecule has 1 rings (SSSR count). The summed E-state index contributed by atoms with van der Waals surface area (Å²) >= 11 is -2.49. The fourth-order valence-electron chi connectivity index (χ4n) is 3.51. The first kappa shape index (κ1) is 24.3. The summed E-state index contributed by atoms with van der Waals surface area (Å²) in [6, 6.07) is 4.21. The Labute approximate surface area is 170 Å². The molecule has 0 atom stereocenters. The summed E-state index contributed by atoms with van der Waals surface area (Å²) in [6.45, 7) is 12.5. The average Bonchev–Trinajstić information content (AvgIpc) is 2.60. The molecule has 27 heavy (non-hydrogen) atoms. The maximum absolute atomic E-state index is 12.0. The SMILES string of the molecule is CCC[CH2][Sn]([CH2]CCC)([CH2]CCC)[c]1ccc(NC(=O)OC(C)(C)C)cn1. The first-order valence-corrected chi connectivity index (χ1v) is 18.2. The van der Waals surface area contributed by atoms with Crippen LogP contribution in [0.3, 0.4) is 0 Å². The molecule has 0 saturated carbocycles. The molecule has 1 amide bonds. The zero-order valence-corrected chi connectivity index (χ0v) is 21.2. The number of nitrogens with one attached hydrogen (secondary N) is 1. The van der Waals surface area contributed by atoms with Crippen LogP contribution >= 0.6 is 0 Å². The number of aromatic nitrogens is 1. The van der Waals surface area contributed by atoms with Gasteiger partial charge in [0.2, 0.25) is 0 Å². The van der Waals surface area contributed by atoms with Gasteiger partial charge in [0.1, 0.15) is 0 Å². The topological polar surface area (TPSA) is 51.2 Å². The maximum atomic E-state index is 12.0. The third-order valence-electron chi connectivity index (χ3n) is 4.98. The number of unbranched alkanes of at least 4 members (excludes halogenated alkanes) is 3. The molecule has 0 aliphatic carbocycles. The van der Waals surface area contributed by atoms with E-state index in [1.807, 2.05) is 33.0 Å². The predicted octanol–water partition coefficient (Wildman–Crippen LogP) is 6.48. The molecule has 0 fully saturated rings.